The van der Waals surface area contributed by atoms with Gasteiger partial charge in [0.2, 0.25) is 5.95 Å². The Hall–Kier alpha value is -2.14. The normalized spacial score (nSPS) is 14.6. The summed E-state index contributed by atoms with van der Waals surface area (Å²) in [5.74, 6) is 6.84. The second-order valence-corrected chi connectivity index (χ2v) is 5.10. The van der Waals surface area contributed by atoms with E-state index in [9.17, 15) is 0 Å². The molecule has 1 aromatic carbocycles. The van der Waals surface area contributed by atoms with Crippen molar-refractivity contribution in [2.75, 3.05) is 23.4 Å². The van der Waals surface area contributed by atoms with E-state index in [0.29, 0.717) is 5.95 Å². The van der Waals surface area contributed by atoms with Gasteiger partial charge in [0, 0.05) is 24.8 Å². The van der Waals surface area contributed by atoms with Crippen LogP contribution in [0.15, 0.2) is 30.5 Å². The first-order valence-electron chi connectivity index (χ1n) is 6.90. The van der Waals surface area contributed by atoms with Gasteiger partial charge in [-0.15, -0.1) is 0 Å². The van der Waals surface area contributed by atoms with Crippen molar-refractivity contribution in [3.8, 4) is 0 Å². The summed E-state index contributed by atoms with van der Waals surface area (Å²) in [6.07, 6.45) is 3.91. The molecular formula is C15H19N5. The molecule has 104 valence electrons. The molecule has 0 unspecified atom stereocenters. The molecule has 0 atom stereocenters. The van der Waals surface area contributed by atoms with Crippen molar-refractivity contribution in [1.82, 2.24) is 9.97 Å². The van der Waals surface area contributed by atoms with E-state index in [1.807, 2.05) is 13.1 Å². The number of nitrogen functional groups attached to an aromatic ring is 1. The van der Waals surface area contributed by atoms with Crippen LogP contribution in [0.3, 0.4) is 0 Å². The van der Waals surface area contributed by atoms with E-state index in [-0.39, 0.29) is 0 Å². The van der Waals surface area contributed by atoms with E-state index in [2.05, 4.69) is 44.6 Å². The molecule has 5 nitrogen and oxygen atoms in total. The largest absolute Gasteiger partial charge is 0.356 e. The maximum Gasteiger partial charge on any atom is 0.239 e. The Balaban J connectivity index is 1.86. The second-order valence-electron chi connectivity index (χ2n) is 5.10. The zero-order valence-electron chi connectivity index (χ0n) is 11.6. The van der Waals surface area contributed by atoms with Crippen LogP contribution in [0, 0.1) is 6.92 Å². The van der Waals surface area contributed by atoms with Crippen molar-refractivity contribution in [3.05, 3.63) is 47.2 Å². The molecule has 3 rings (SSSR count). The third kappa shape index (κ3) is 2.44. The highest BCUT2D eigenvalue weighted by molar-refractivity contribution is 5.50. The summed E-state index contributed by atoms with van der Waals surface area (Å²) >= 11 is 0. The molecule has 3 N–H and O–H groups in total. The molecule has 0 amide bonds. The minimum absolute atomic E-state index is 0.465. The van der Waals surface area contributed by atoms with Gasteiger partial charge in [0.25, 0.3) is 0 Å². The van der Waals surface area contributed by atoms with Gasteiger partial charge in [-0.2, -0.15) is 4.98 Å². The molecule has 0 saturated carbocycles. The van der Waals surface area contributed by atoms with Gasteiger partial charge in [-0.05, 0) is 30.9 Å². The number of anilines is 2. The van der Waals surface area contributed by atoms with Crippen LogP contribution >= 0.6 is 0 Å². The van der Waals surface area contributed by atoms with Gasteiger partial charge in [0.15, 0.2) is 0 Å². The number of nitrogens with two attached hydrogens (primary N) is 1. The number of hydrogen-bond acceptors (Lipinski definition) is 5. The Morgan fingerprint density at radius 2 is 1.80 bits per heavy atom. The number of hydrogen-bond donors (Lipinski definition) is 2. The first-order valence-corrected chi connectivity index (χ1v) is 6.90. The molecule has 20 heavy (non-hydrogen) atoms. The van der Waals surface area contributed by atoms with Gasteiger partial charge in [0.1, 0.15) is 5.82 Å². The number of rotatable bonds is 2. The van der Waals surface area contributed by atoms with Crippen molar-refractivity contribution < 1.29 is 0 Å². The molecule has 1 aliphatic heterocycles. The number of nitrogens with zero attached hydrogens (tertiary/aromatic N) is 3. The summed E-state index contributed by atoms with van der Waals surface area (Å²) in [6.45, 7) is 3.98. The number of nitrogens with one attached hydrogen (secondary N) is 1. The van der Waals surface area contributed by atoms with Gasteiger partial charge in [-0.1, -0.05) is 24.3 Å². The predicted octanol–water partition coefficient (Wildman–Crippen LogP) is 1.68. The standard InChI is InChI=1S/C15H19N5/c1-11-10-17-15(19-16)18-14(11)20-8-6-12-4-2-3-5-13(12)7-9-20/h2-5,10H,6-9,16H2,1H3,(H,17,18,19). The average Bonchev–Trinajstić information content (AvgIpc) is 2.70. The number of benzene rings is 1. The lowest BCUT2D eigenvalue weighted by Crippen LogP contribution is -2.28. The maximum absolute atomic E-state index is 5.40. The lowest BCUT2D eigenvalue weighted by Gasteiger charge is -2.23. The van der Waals surface area contributed by atoms with Crippen LogP contribution in [0.25, 0.3) is 0 Å². The fourth-order valence-corrected chi connectivity index (χ4v) is 2.70. The molecule has 0 saturated heterocycles. The van der Waals surface area contributed by atoms with Crippen LogP contribution in [0.2, 0.25) is 0 Å². The first-order chi connectivity index (χ1) is 9.78. The summed E-state index contributed by atoms with van der Waals surface area (Å²) < 4.78 is 0. The third-order valence-electron chi connectivity index (χ3n) is 3.79. The molecule has 0 fully saturated rings. The highest BCUT2D eigenvalue weighted by atomic mass is 15.3. The molecule has 0 spiro atoms. The van der Waals surface area contributed by atoms with Crippen LogP contribution < -0.4 is 16.2 Å². The van der Waals surface area contributed by atoms with E-state index in [4.69, 9.17) is 5.84 Å². The van der Waals surface area contributed by atoms with Gasteiger partial charge in [-0.3, -0.25) is 5.43 Å². The minimum Gasteiger partial charge on any atom is -0.356 e. The SMILES string of the molecule is Cc1cnc(NN)nc1N1CCc2ccccc2CC1. The van der Waals surface area contributed by atoms with Crippen LogP contribution in [0.4, 0.5) is 11.8 Å². The summed E-state index contributed by atoms with van der Waals surface area (Å²) in [4.78, 5) is 11.0. The number of hydrazine groups is 1. The third-order valence-corrected chi connectivity index (χ3v) is 3.79. The van der Waals surface area contributed by atoms with Crippen LogP contribution in [0.1, 0.15) is 16.7 Å². The molecule has 0 aliphatic carbocycles. The van der Waals surface area contributed by atoms with Crippen LogP contribution in [-0.4, -0.2) is 23.1 Å². The second kappa shape index (κ2) is 5.46. The van der Waals surface area contributed by atoms with E-state index in [0.717, 1.165) is 37.3 Å². The molecule has 1 aromatic heterocycles. The fourth-order valence-electron chi connectivity index (χ4n) is 2.70. The van der Waals surface area contributed by atoms with Crippen molar-refractivity contribution in [3.63, 3.8) is 0 Å². The van der Waals surface area contributed by atoms with E-state index < -0.39 is 0 Å². The van der Waals surface area contributed by atoms with Gasteiger partial charge >= 0.3 is 0 Å². The Morgan fingerprint density at radius 1 is 1.15 bits per heavy atom. The van der Waals surface area contributed by atoms with Crippen LogP contribution in [0.5, 0.6) is 0 Å². The Labute approximate surface area is 118 Å². The summed E-state index contributed by atoms with van der Waals surface area (Å²) in [5, 5.41) is 0. The van der Waals surface area contributed by atoms with Gasteiger partial charge < -0.3 is 4.90 Å². The van der Waals surface area contributed by atoms with Crippen molar-refractivity contribution in [2.24, 2.45) is 5.84 Å². The molecular weight excluding hydrogens is 250 g/mol. The molecule has 5 heteroatoms. The van der Waals surface area contributed by atoms with Crippen molar-refractivity contribution in [1.29, 1.82) is 0 Å². The lowest BCUT2D eigenvalue weighted by molar-refractivity contribution is 0.784. The predicted molar refractivity (Wildman–Crippen MR) is 80.6 cm³/mol. The zero-order valence-corrected chi connectivity index (χ0v) is 11.6. The van der Waals surface area contributed by atoms with E-state index in [1.165, 1.54) is 11.1 Å². The summed E-state index contributed by atoms with van der Waals surface area (Å²) in [6, 6.07) is 8.67. The van der Waals surface area contributed by atoms with Gasteiger partial charge in [-0.25, -0.2) is 10.8 Å². The number of fused-ring (bicyclic) bond motifs is 1. The topological polar surface area (TPSA) is 67.1 Å². The molecule has 1 aliphatic rings. The zero-order chi connectivity index (χ0) is 13.9. The summed E-state index contributed by atoms with van der Waals surface area (Å²) in [7, 11) is 0. The first kappa shape index (κ1) is 12.9. The highest BCUT2D eigenvalue weighted by Gasteiger charge is 2.17. The Bertz CT molecular complexity index is 584. The fraction of sp³-hybridized carbons (Fsp3) is 0.333. The molecule has 2 aromatic rings. The highest BCUT2D eigenvalue weighted by Crippen LogP contribution is 2.22. The lowest BCUT2D eigenvalue weighted by atomic mass is 10.0. The summed E-state index contributed by atoms with van der Waals surface area (Å²) in [5.41, 5.74) is 6.48. The maximum atomic E-state index is 5.40. The van der Waals surface area contributed by atoms with Gasteiger partial charge in [0.05, 0.1) is 0 Å². The van der Waals surface area contributed by atoms with Crippen molar-refractivity contribution in [2.45, 2.75) is 19.8 Å². The Morgan fingerprint density at radius 3 is 2.40 bits per heavy atom. The van der Waals surface area contributed by atoms with Crippen LogP contribution in [-0.2, 0) is 12.8 Å². The monoisotopic (exact) mass is 269 g/mol. The van der Waals surface area contributed by atoms with E-state index >= 15 is 0 Å². The van der Waals surface area contributed by atoms with Crippen molar-refractivity contribution >= 4 is 11.8 Å². The quantitative estimate of drug-likeness (QED) is 0.641. The minimum atomic E-state index is 0.465. The average molecular weight is 269 g/mol. The number of aryl methyl sites for hydroxylation is 1. The smallest absolute Gasteiger partial charge is 0.239 e. The molecule has 0 radical (unpaired) electrons. The van der Waals surface area contributed by atoms with E-state index in [1.54, 1.807) is 0 Å². The number of aromatic nitrogens is 2. The molecule has 0 bridgehead atoms. The Kier molecular flexibility index (Phi) is 3.52. The molecule has 2 heterocycles.